The molecule has 150 valence electrons. The normalized spacial score (nSPS) is 17.8. The molecule has 1 saturated heterocycles. The van der Waals surface area contributed by atoms with Crippen molar-refractivity contribution < 1.29 is 13.2 Å². The van der Waals surface area contributed by atoms with E-state index in [9.17, 15) is 13.2 Å². The summed E-state index contributed by atoms with van der Waals surface area (Å²) in [5, 5.41) is 1.94. The third-order valence-electron chi connectivity index (χ3n) is 5.22. The molecule has 28 heavy (non-hydrogen) atoms. The zero-order valence-electron chi connectivity index (χ0n) is 15.9. The van der Waals surface area contributed by atoms with Gasteiger partial charge in [-0.05, 0) is 42.5 Å². The molecule has 1 atom stereocenters. The average Bonchev–Trinajstić information content (AvgIpc) is 3.42. The lowest BCUT2D eigenvalue weighted by atomic mass is 10.2. The number of nitrogens with zero attached hydrogens (tertiary/aromatic N) is 3. The van der Waals surface area contributed by atoms with Crippen LogP contribution in [0, 0.1) is 0 Å². The molecule has 0 amide bonds. The summed E-state index contributed by atoms with van der Waals surface area (Å²) in [4.78, 5) is 13.3. The van der Waals surface area contributed by atoms with Crippen molar-refractivity contribution in [2.45, 2.75) is 30.4 Å². The molecule has 0 N–H and O–H groups in total. The van der Waals surface area contributed by atoms with Crippen LogP contribution in [0.15, 0.2) is 45.4 Å². The summed E-state index contributed by atoms with van der Waals surface area (Å²) in [6.07, 6.45) is 1.73. The van der Waals surface area contributed by atoms with Gasteiger partial charge in [0.25, 0.3) is 0 Å². The number of fused-ring (bicyclic) bond motifs is 1. The number of hydrogen-bond donors (Lipinski definition) is 0. The Hall–Kier alpha value is -1.94. The second kappa shape index (κ2) is 7.47. The number of rotatable bonds is 6. The highest BCUT2D eigenvalue weighted by Gasteiger charge is 2.30. The SMILES string of the molecule is Cn1c(=O)n(C)c2cc(S(=O)(=O)N(Cc3cccs3)CC3CCCO3)ccc21. The van der Waals surface area contributed by atoms with Crippen molar-refractivity contribution >= 4 is 32.4 Å². The van der Waals surface area contributed by atoms with Crippen LogP contribution in [0.5, 0.6) is 0 Å². The maximum Gasteiger partial charge on any atom is 0.328 e. The first kappa shape index (κ1) is 19.4. The van der Waals surface area contributed by atoms with E-state index in [0.717, 1.165) is 17.7 Å². The van der Waals surface area contributed by atoms with E-state index in [2.05, 4.69) is 0 Å². The van der Waals surface area contributed by atoms with Crippen LogP contribution in [-0.4, -0.2) is 41.1 Å². The van der Waals surface area contributed by atoms with Gasteiger partial charge in [-0.2, -0.15) is 4.31 Å². The van der Waals surface area contributed by atoms with Gasteiger partial charge in [0.2, 0.25) is 10.0 Å². The lowest BCUT2D eigenvalue weighted by Gasteiger charge is -2.24. The van der Waals surface area contributed by atoms with Crippen molar-refractivity contribution in [3.8, 4) is 0 Å². The van der Waals surface area contributed by atoms with Gasteiger partial charge in [0.15, 0.2) is 0 Å². The first-order valence-electron chi connectivity index (χ1n) is 9.17. The molecule has 0 radical (unpaired) electrons. The summed E-state index contributed by atoms with van der Waals surface area (Å²) in [5.74, 6) is 0. The molecule has 1 aromatic carbocycles. The van der Waals surface area contributed by atoms with Gasteiger partial charge in [0, 0.05) is 38.7 Å². The summed E-state index contributed by atoms with van der Waals surface area (Å²) in [5.41, 5.74) is 1.12. The predicted octanol–water partition coefficient (Wildman–Crippen LogP) is 2.31. The van der Waals surface area contributed by atoms with Crippen LogP contribution in [0.4, 0.5) is 0 Å². The third kappa shape index (κ3) is 3.43. The Bertz CT molecular complexity index is 1140. The van der Waals surface area contributed by atoms with E-state index in [1.54, 1.807) is 32.3 Å². The van der Waals surface area contributed by atoms with Gasteiger partial charge in [0.05, 0.1) is 22.0 Å². The molecule has 0 spiro atoms. The second-order valence-corrected chi connectivity index (χ2v) is 10.0. The Morgan fingerprint density at radius 2 is 2.00 bits per heavy atom. The number of aromatic nitrogens is 2. The van der Waals surface area contributed by atoms with Crippen molar-refractivity contribution in [3.63, 3.8) is 0 Å². The minimum absolute atomic E-state index is 0.0838. The Morgan fingerprint density at radius 3 is 2.68 bits per heavy atom. The van der Waals surface area contributed by atoms with E-state index in [0.29, 0.717) is 30.7 Å². The van der Waals surface area contributed by atoms with E-state index < -0.39 is 10.0 Å². The van der Waals surface area contributed by atoms with Crippen LogP contribution in [0.25, 0.3) is 11.0 Å². The van der Waals surface area contributed by atoms with E-state index in [-0.39, 0.29) is 16.7 Å². The van der Waals surface area contributed by atoms with Crippen LogP contribution in [0.2, 0.25) is 0 Å². The molecule has 1 fully saturated rings. The summed E-state index contributed by atoms with van der Waals surface area (Å²) in [7, 11) is -0.411. The van der Waals surface area contributed by atoms with Crippen LogP contribution in [-0.2, 0) is 35.4 Å². The van der Waals surface area contributed by atoms with Crippen LogP contribution < -0.4 is 5.69 Å². The molecular weight excluding hydrogens is 398 g/mol. The Kier molecular flexibility index (Phi) is 5.17. The fraction of sp³-hybridized carbons (Fsp3) is 0.421. The smallest absolute Gasteiger partial charge is 0.328 e. The highest BCUT2D eigenvalue weighted by molar-refractivity contribution is 7.89. The van der Waals surface area contributed by atoms with Gasteiger partial charge < -0.3 is 4.74 Å². The largest absolute Gasteiger partial charge is 0.377 e. The van der Waals surface area contributed by atoms with Gasteiger partial charge in [-0.25, -0.2) is 13.2 Å². The quantitative estimate of drug-likeness (QED) is 0.612. The highest BCUT2D eigenvalue weighted by atomic mass is 32.2. The monoisotopic (exact) mass is 421 g/mol. The number of benzene rings is 1. The lowest BCUT2D eigenvalue weighted by molar-refractivity contribution is 0.0927. The number of ether oxygens (including phenoxy) is 1. The van der Waals surface area contributed by atoms with Crippen molar-refractivity contribution in [1.29, 1.82) is 0 Å². The molecule has 1 unspecified atom stereocenters. The number of sulfonamides is 1. The summed E-state index contributed by atoms with van der Waals surface area (Å²) in [6.45, 7) is 1.31. The molecule has 0 saturated carbocycles. The van der Waals surface area contributed by atoms with Crippen molar-refractivity contribution in [2.24, 2.45) is 14.1 Å². The van der Waals surface area contributed by atoms with E-state index in [4.69, 9.17) is 4.74 Å². The molecule has 0 aliphatic carbocycles. The number of hydrogen-bond acceptors (Lipinski definition) is 5. The first-order valence-corrected chi connectivity index (χ1v) is 11.5. The number of thiophene rings is 1. The number of aryl methyl sites for hydroxylation is 2. The molecule has 1 aliphatic heterocycles. The summed E-state index contributed by atoms with van der Waals surface area (Å²) < 4.78 is 37.1. The van der Waals surface area contributed by atoms with Crippen molar-refractivity contribution in [3.05, 3.63) is 51.1 Å². The predicted molar refractivity (Wildman–Crippen MR) is 109 cm³/mol. The Labute approximate surface area is 167 Å². The zero-order valence-corrected chi connectivity index (χ0v) is 17.5. The topological polar surface area (TPSA) is 73.5 Å². The molecule has 3 heterocycles. The molecule has 1 aliphatic rings. The molecule has 2 aromatic heterocycles. The molecular formula is C19H23N3O4S2. The lowest BCUT2D eigenvalue weighted by Crippen LogP contribution is -2.36. The standard InChI is InChI=1S/C19H23N3O4S2/c1-20-17-8-7-16(11-18(17)21(2)19(20)23)28(24,25)22(12-14-5-3-9-26-14)13-15-6-4-10-27-15/h4,6-8,10-11,14H,3,5,9,12-13H2,1-2H3. The Balaban J connectivity index is 1.74. The molecule has 9 heteroatoms. The van der Waals surface area contributed by atoms with Crippen molar-refractivity contribution in [1.82, 2.24) is 13.4 Å². The molecule has 3 aromatic rings. The van der Waals surface area contributed by atoms with Gasteiger partial charge in [-0.15, -0.1) is 11.3 Å². The van der Waals surface area contributed by atoms with E-state index in [1.807, 2.05) is 17.5 Å². The maximum absolute atomic E-state index is 13.5. The second-order valence-electron chi connectivity index (χ2n) is 7.06. The summed E-state index contributed by atoms with van der Waals surface area (Å²) in [6, 6.07) is 8.71. The third-order valence-corrected chi connectivity index (χ3v) is 7.89. The molecule has 7 nitrogen and oxygen atoms in total. The zero-order chi connectivity index (χ0) is 19.9. The van der Waals surface area contributed by atoms with Crippen LogP contribution in [0.1, 0.15) is 17.7 Å². The number of imidazole rings is 1. The van der Waals surface area contributed by atoms with Gasteiger partial charge in [0.1, 0.15) is 0 Å². The fourth-order valence-corrected chi connectivity index (χ4v) is 5.91. The molecule has 0 bridgehead atoms. The van der Waals surface area contributed by atoms with Crippen LogP contribution in [0.3, 0.4) is 0 Å². The fourth-order valence-electron chi connectivity index (χ4n) is 3.64. The van der Waals surface area contributed by atoms with Gasteiger partial charge >= 0.3 is 5.69 Å². The van der Waals surface area contributed by atoms with Crippen molar-refractivity contribution in [2.75, 3.05) is 13.2 Å². The first-order chi connectivity index (χ1) is 13.4. The maximum atomic E-state index is 13.5. The van der Waals surface area contributed by atoms with E-state index >= 15 is 0 Å². The molecule has 4 rings (SSSR count). The minimum atomic E-state index is -3.74. The average molecular weight is 422 g/mol. The van der Waals surface area contributed by atoms with Gasteiger partial charge in [-0.3, -0.25) is 9.13 Å². The van der Waals surface area contributed by atoms with Crippen LogP contribution >= 0.6 is 11.3 Å². The summed E-state index contributed by atoms with van der Waals surface area (Å²) >= 11 is 1.54. The van der Waals surface area contributed by atoms with Gasteiger partial charge in [-0.1, -0.05) is 6.07 Å². The van der Waals surface area contributed by atoms with E-state index in [1.165, 1.54) is 24.8 Å². The highest BCUT2D eigenvalue weighted by Crippen LogP contribution is 2.25. The Morgan fingerprint density at radius 1 is 1.21 bits per heavy atom. The minimum Gasteiger partial charge on any atom is -0.377 e.